The standard InChI is InChI=1S/C12H13FN2O/c1-8-3-4-9(13)7-10(8)11(16)12-14-5-6-15(12)2/h3-7,11,16H,1-2H3. The molecular weight excluding hydrogens is 207 g/mol. The van der Waals surface area contributed by atoms with E-state index in [1.165, 1.54) is 12.1 Å². The zero-order valence-corrected chi connectivity index (χ0v) is 9.18. The monoisotopic (exact) mass is 220 g/mol. The van der Waals surface area contributed by atoms with Gasteiger partial charge in [0.2, 0.25) is 0 Å². The second-order valence-corrected chi connectivity index (χ2v) is 3.80. The molecule has 1 aromatic carbocycles. The van der Waals surface area contributed by atoms with E-state index in [-0.39, 0.29) is 5.82 Å². The van der Waals surface area contributed by atoms with Gasteiger partial charge in [-0.05, 0) is 30.2 Å². The minimum absolute atomic E-state index is 0.353. The van der Waals surface area contributed by atoms with Gasteiger partial charge >= 0.3 is 0 Å². The van der Waals surface area contributed by atoms with Crippen molar-refractivity contribution in [3.63, 3.8) is 0 Å². The third-order valence-corrected chi connectivity index (χ3v) is 2.64. The molecule has 84 valence electrons. The fourth-order valence-electron chi connectivity index (χ4n) is 1.69. The Labute approximate surface area is 93.2 Å². The summed E-state index contributed by atoms with van der Waals surface area (Å²) in [5.74, 6) is 0.155. The number of nitrogens with zero attached hydrogens (tertiary/aromatic N) is 2. The van der Waals surface area contributed by atoms with Crippen molar-refractivity contribution in [1.82, 2.24) is 9.55 Å². The number of benzene rings is 1. The molecule has 0 radical (unpaired) electrons. The quantitative estimate of drug-likeness (QED) is 0.840. The molecule has 0 aliphatic heterocycles. The maximum absolute atomic E-state index is 13.1. The predicted molar refractivity (Wildman–Crippen MR) is 58.4 cm³/mol. The molecule has 1 unspecified atom stereocenters. The first-order valence-corrected chi connectivity index (χ1v) is 5.01. The fourth-order valence-corrected chi connectivity index (χ4v) is 1.69. The van der Waals surface area contributed by atoms with Gasteiger partial charge in [-0.2, -0.15) is 0 Å². The normalized spacial score (nSPS) is 12.8. The molecule has 4 heteroatoms. The lowest BCUT2D eigenvalue weighted by Crippen LogP contribution is -2.08. The topological polar surface area (TPSA) is 38.1 Å². The van der Waals surface area contributed by atoms with E-state index in [4.69, 9.17) is 0 Å². The van der Waals surface area contributed by atoms with Crippen molar-refractivity contribution in [2.75, 3.05) is 0 Å². The highest BCUT2D eigenvalue weighted by atomic mass is 19.1. The van der Waals surface area contributed by atoms with E-state index in [1.54, 1.807) is 30.1 Å². The second-order valence-electron chi connectivity index (χ2n) is 3.80. The first kappa shape index (κ1) is 10.8. The molecule has 1 atom stereocenters. The Morgan fingerprint density at radius 3 is 2.81 bits per heavy atom. The van der Waals surface area contributed by atoms with Crippen molar-refractivity contribution >= 4 is 0 Å². The summed E-state index contributed by atoms with van der Waals surface area (Å²) >= 11 is 0. The Bertz CT molecular complexity index is 507. The van der Waals surface area contributed by atoms with Gasteiger partial charge in [0, 0.05) is 19.4 Å². The Morgan fingerprint density at radius 2 is 2.19 bits per heavy atom. The average molecular weight is 220 g/mol. The minimum atomic E-state index is -0.893. The van der Waals surface area contributed by atoms with Gasteiger partial charge in [0.05, 0.1) is 0 Å². The van der Waals surface area contributed by atoms with Gasteiger partial charge in [-0.15, -0.1) is 0 Å². The van der Waals surface area contributed by atoms with E-state index in [0.29, 0.717) is 11.4 Å². The Hall–Kier alpha value is -1.68. The number of rotatable bonds is 2. The molecule has 0 amide bonds. The molecule has 3 nitrogen and oxygen atoms in total. The van der Waals surface area contributed by atoms with Crippen LogP contribution >= 0.6 is 0 Å². The van der Waals surface area contributed by atoms with Crippen LogP contribution in [0.2, 0.25) is 0 Å². The van der Waals surface area contributed by atoms with Crippen LogP contribution in [0.5, 0.6) is 0 Å². The van der Waals surface area contributed by atoms with Crippen molar-refractivity contribution < 1.29 is 9.50 Å². The number of aromatic nitrogens is 2. The molecule has 0 spiro atoms. The van der Waals surface area contributed by atoms with E-state index in [0.717, 1.165) is 5.56 Å². The van der Waals surface area contributed by atoms with E-state index in [9.17, 15) is 9.50 Å². The van der Waals surface area contributed by atoms with Crippen molar-refractivity contribution in [3.8, 4) is 0 Å². The molecule has 2 aromatic rings. The third kappa shape index (κ3) is 1.84. The summed E-state index contributed by atoms with van der Waals surface area (Å²) in [6.45, 7) is 1.83. The summed E-state index contributed by atoms with van der Waals surface area (Å²) in [5.41, 5.74) is 1.39. The Kier molecular flexibility index (Phi) is 2.75. The van der Waals surface area contributed by atoms with Gasteiger partial charge in [0.15, 0.2) is 0 Å². The molecule has 1 N–H and O–H groups in total. The molecule has 0 aliphatic carbocycles. The summed E-state index contributed by atoms with van der Waals surface area (Å²) in [6, 6.07) is 4.37. The van der Waals surface area contributed by atoms with Crippen LogP contribution < -0.4 is 0 Å². The predicted octanol–water partition coefficient (Wildman–Crippen LogP) is 1.95. The van der Waals surface area contributed by atoms with Gasteiger partial charge in [0.1, 0.15) is 17.7 Å². The molecular formula is C12H13FN2O. The van der Waals surface area contributed by atoms with E-state index in [2.05, 4.69) is 4.98 Å². The molecule has 0 saturated carbocycles. The van der Waals surface area contributed by atoms with Crippen LogP contribution in [0.3, 0.4) is 0 Å². The van der Waals surface area contributed by atoms with Gasteiger partial charge < -0.3 is 9.67 Å². The SMILES string of the molecule is Cc1ccc(F)cc1C(O)c1nccn1C. The second kappa shape index (κ2) is 4.06. The number of hydrogen-bond acceptors (Lipinski definition) is 2. The number of imidazole rings is 1. The fraction of sp³-hybridized carbons (Fsp3) is 0.250. The summed E-state index contributed by atoms with van der Waals surface area (Å²) in [7, 11) is 1.79. The largest absolute Gasteiger partial charge is 0.380 e. The number of aliphatic hydroxyl groups excluding tert-OH is 1. The summed E-state index contributed by atoms with van der Waals surface area (Å²) < 4.78 is 14.8. The smallest absolute Gasteiger partial charge is 0.142 e. The lowest BCUT2D eigenvalue weighted by atomic mass is 10.0. The summed E-state index contributed by atoms with van der Waals surface area (Å²) in [5, 5.41) is 10.1. The third-order valence-electron chi connectivity index (χ3n) is 2.64. The lowest BCUT2D eigenvalue weighted by molar-refractivity contribution is 0.205. The molecule has 0 fully saturated rings. The van der Waals surface area contributed by atoms with E-state index >= 15 is 0 Å². The van der Waals surface area contributed by atoms with Crippen molar-refractivity contribution in [2.45, 2.75) is 13.0 Å². The van der Waals surface area contributed by atoms with Crippen LogP contribution in [0.25, 0.3) is 0 Å². The summed E-state index contributed by atoms with van der Waals surface area (Å²) in [6.07, 6.45) is 2.45. The van der Waals surface area contributed by atoms with Gasteiger partial charge in [0.25, 0.3) is 0 Å². The minimum Gasteiger partial charge on any atom is -0.380 e. The zero-order valence-electron chi connectivity index (χ0n) is 9.18. The maximum atomic E-state index is 13.1. The highest BCUT2D eigenvalue weighted by molar-refractivity contribution is 5.31. The van der Waals surface area contributed by atoms with Gasteiger partial charge in [-0.3, -0.25) is 0 Å². The average Bonchev–Trinajstić information content (AvgIpc) is 2.67. The van der Waals surface area contributed by atoms with Crippen LogP contribution in [-0.4, -0.2) is 14.7 Å². The number of aliphatic hydroxyl groups is 1. The van der Waals surface area contributed by atoms with Crippen molar-refractivity contribution in [2.24, 2.45) is 7.05 Å². The number of halogens is 1. The molecule has 0 aliphatic rings. The first-order valence-electron chi connectivity index (χ1n) is 5.01. The number of aryl methyl sites for hydroxylation is 2. The van der Waals surface area contributed by atoms with Crippen LogP contribution in [0, 0.1) is 12.7 Å². The Balaban J connectivity index is 2.45. The van der Waals surface area contributed by atoms with Crippen LogP contribution in [0.1, 0.15) is 23.1 Å². The molecule has 0 bridgehead atoms. The highest BCUT2D eigenvalue weighted by Crippen LogP contribution is 2.23. The molecule has 2 rings (SSSR count). The van der Waals surface area contributed by atoms with Crippen LogP contribution in [0.15, 0.2) is 30.6 Å². The maximum Gasteiger partial charge on any atom is 0.142 e. The van der Waals surface area contributed by atoms with Gasteiger partial charge in [-0.1, -0.05) is 6.07 Å². The summed E-state index contributed by atoms with van der Waals surface area (Å²) in [4.78, 5) is 4.05. The first-order chi connectivity index (χ1) is 7.59. The molecule has 1 aromatic heterocycles. The zero-order chi connectivity index (χ0) is 11.7. The molecule has 16 heavy (non-hydrogen) atoms. The van der Waals surface area contributed by atoms with Crippen molar-refractivity contribution in [1.29, 1.82) is 0 Å². The van der Waals surface area contributed by atoms with E-state index < -0.39 is 6.10 Å². The van der Waals surface area contributed by atoms with Crippen LogP contribution in [-0.2, 0) is 7.05 Å². The molecule has 1 heterocycles. The van der Waals surface area contributed by atoms with Gasteiger partial charge in [-0.25, -0.2) is 9.37 Å². The Morgan fingerprint density at radius 1 is 1.44 bits per heavy atom. The molecule has 0 saturated heterocycles. The van der Waals surface area contributed by atoms with E-state index in [1.807, 2.05) is 6.92 Å². The van der Waals surface area contributed by atoms with Crippen LogP contribution in [0.4, 0.5) is 4.39 Å². The highest BCUT2D eigenvalue weighted by Gasteiger charge is 2.17. The number of hydrogen-bond donors (Lipinski definition) is 1. The lowest BCUT2D eigenvalue weighted by Gasteiger charge is -2.13. The van der Waals surface area contributed by atoms with Crippen molar-refractivity contribution in [3.05, 3.63) is 53.4 Å².